The van der Waals surface area contributed by atoms with Crippen LogP contribution in [-0.4, -0.2) is 21.9 Å². The van der Waals surface area contributed by atoms with Crippen LogP contribution in [0, 0.1) is 5.92 Å². The van der Waals surface area contributed by atoms with Crippen LogP contribution in [0.1, 0.15) is 25.7 Å². The number of rotatable bonds is 3. The number of hydrogen-bond acceptors (Lipinski definition) is 3. The zero-order chi connectivity index (χ0) is 13.1. The van der Waals surface area contributed by atoms with Crippen molar-refractivity contribution in [2.24, 2.45) is 5.92 Å². The van der Waals surface area contributed by atoms with E-state index in [4.69, 9.17) is 11.6 Å². The van der Waals surface area contributed by atoms with E-state index in [0.29, 0.717) is 12.0 Å². The molecular weight excluding hydrogens is 258 g/mol. The molecule has 3 rings (SSSR count). The molecule has 1 aliphatic rings. The number of anilines is 1. The van der Waals surface area contributed by atoms with E-state index in [0.717, 1.165) is 22.7 Å². The van der Waals surface area contributed by atoms with Crippen LogP contribution in [0.4, 0.5) is 5.82 Å². The number of halogens is 1. The number of fused-ring (bicyclic) bond motifs is 1. The summed E-state index contributed by atoms with van der Waals surface area (Å²) in [6.07, 6.45) is 6.77. The number of benzene rings is 1. The van der Waals surface area contributed by atoms with Gasteiger partial charge in [-0.15, -0.1) is 11.6 Å². The molecule has 2 atom stereocenters. The van der Waals surface area contributed by atoms with Crippen molar-refractivity contribution >= 4 is 28.5 Å². The Kier molecular flexibility index (Phi) is 3.83. The number of para-hydroxylation sites is 2. The lowest BCUT2D eigenvalue weighted by atomic mass is 9.86. The highest BCUT2D eigenvalue weighted by Crippen LogP contribution is 2.27. The first-order valence-electron chi connectivity index (χ1n) is 6.91. The maximum Gasteiger partial charge on any atom is 0.145 e. The zero-order valence-corrected chi connectivity index (χ0v) is 11.6. The van der Waals surface area contributed by atoms with E-state index in [-0.39, 0.29) is 0 Å². The summed E-state index contributed by atoms with van der Waals surface area (Å²) >= 11 is 6.06. The predicted molar refractivity (Wildman–Crippen MR) is 79.6 cm³/mol. The van der Waals surface area contributed by atoms with Crippen molar-refractivity contribution in [3.05, 3.63) is 30.5 Å². The van der Waals surface area contributed by atoms with Crippen molar-refractivity contribution in [1.82, 2.24) is 9.97 Å². The van der Waals surface area contributed by atoms with E-state index < -0.39 is 0 Å². The lowest BCUT2D eigenvalue weighted by molar-refractivity contribution is 0.352. The van der Waals surface area contributed by atoms with Crippen LogP contribution in [-0.2, 0) is 0 Å². The Balaban J connectivity index is 1.80. The number of nitrogens with zero attached hydrogens (tertiary/aromatic N) is 2. The van der Waals surface area contributed by atoms with Gasteiger partial charge in [-0.05, 0) is 30.9 Å². The van der Waals surface area contributed by atoms with Gasteiger partial charge in [0.2, 0.25) is 0 Å². The summed E-state index contributed by atoms with van der Waals surface area (Å²) in [6, 6.07) is 8.38. The van der Waals surface area contributed by atoms with E-state index in [1.165, 1.54) is 25.7 Å². The zero-order valence-electron chi connectivity index (χ0n) is 10.8. The van der Waals surface area contributed by atoms with Crippen LogP contribution >= 0.6 is 11.6 Å². The van der Waals surface area contributed by atoms with Crippen molar-refractivity contribution in [1.29, 1.82) is 0 Å². The topological polar surface area (TPSA) is 37.8 Å². The standard InChI is InChI=1S/C15H18ClN3/c16-9-11-5-1-2-6-12(11)18-15-10-17-13-7-3-4-8-14(13)19-15/h3-4,7-8,10-12H,1-2,5-6,9H2,(H,18,19). The van der Waals surface area contributed by atoms with Gasteiger partial charge in [0, 0.05) is 11.9 Å². The van der Waals surface area contributed by atoms with Gasteiger partial charge in [-0.3, -0.25) is 4.98 Å². The monoisotopic (exact) mass is 275 g/mol. The first kappa shape index (κ1) is 12.7. The molecule has 0 bridgehead atoms. The van der Waals surface area contributed by atoms with E-state index in [9.17, 15) is 0 Å². The molecule has 1 fully saturated rings. The Morgan fingerprint density at radius 2 is 1.95 bits per heavy atom. The van der Waals surface area contributed by atoms with E-state index in [1.54, 1.807) is 0 Å². The number of aromatic nitrogens is 2. The average Bonchev–Trinajstić information content (AvgIpc) is 2.48. The molecule has 100 valence electrons. The molecule has 0 aliphatic heterocycles. The highest BCUT2D eigenvalue weighted by molar-refractivity contribution is 6.18. The molecule has 19 heavy (non-hydrogen) atoms. The van der Waals surface area contributed by atoms with Crippen molar-refractivity contribution in [2.75, 3.05) is 11.2 Å². The van der Waals surface area contributed by atoms with Crippen molar-refractivity contribution in [2.45, 2.75) is 31.7 Å². The number of alkyl halides is 1. The van der Waals surface area contributed by atoms with Crippen molar-refractivity contribution < 1.29 is 0 Å². The smallest absolute Gasteiger partial charge is 0.145 e. The second-order valence-electron chi connectivity index (χ2n) is 5.19. The molecule has 4 heteroatoms. The number of nitrogens with one attached hydrogen (secondary N) is 1. The highest BCUT2D eigenvalue weighted by atomic mass is 35.5. The first-order valence-corrected chi connectivity index (χ1v) is 7.44. The second kappa shape index (κ2) is 5.74. The Morgan fingerprint density at radius 3 is 2.79 bits per heavy atom. The SMILES string of the molecule is ClCC1CCCCC1Nc1cnc2ccccc2n1. The normalized spacial score (nSPS) is 23.4. The van der Waals surface area contributed by atoms with Gasteiger partial charge >= 0.3 is 0 Å². The molecule has 0 amide bonds. The molecule has 1 N–H and O–H groups in total. The largest absolute Gasteiger partial charge is 0.366 e. The van der Waals surface area contributed by atoms with Crippen molar-refractivity contribution in [3.8, 4) is 0 Å². The minimum absolute atomic E-state index is 0.432. The van der Waals surface area contributed by atoms with Gasteiger partial charge in [0.25, 0.3) is 0 Å². The molecule has 0 radical (unpaired) electrons. The molecule has 0 spiro atoms. The van der Waals surface area contributed by atoms with Crippen LogP contribution in [0.3, 0.4) is 0 Å². The van der Waals surface area contributed by atoms with Gasteiger partial charge < -0.3 is 5.32 Å². The lowest BCUT2D eigenvalue weighted by Crippen LogP contribution is -2.33. The Morgan fingerprint density at radius 1 is 1.16 bits per heavy atom. The summed E-state index contributed by atoms with van der Waals surface area (Å²) in [6.45, 7) is 0. The summed E-state index contributed by atoms with van der Waals surface area (Å²) in [5.74, 6) is 2.13. The Hall–Kier alpha value is -1.35. The summed E-state index contributed by atoms with van der Waals surface area (Å²) in [5.41, 5.74) is 1.87. The molecule has 3 nitrogen and oxygen atoms in total. The molecule has 1 aliphatic carbocycles. The Labute approximate surface area is 118 Å². The molecule has 1 aromatic carbocycles. The second-order valence-corrected chi connectivity index (χ2v) is 5.50. The fourth-order valence-electron chi connectivity index (χ4n) is 2.80. The van der Waals surface area contributed by atoms with Crippen LogP contribution in [0.5, 0.6) is 0 Å². The third-order valence-electron chi connectivity index (χ3n) is 3.89. The molecular formula is C15H18ClN3. The molecule has 1 saturated carbocycles. The quantitative estimate of drug-likeness (QED) is 0.865. The Bertz CT molecular complexity index is 558. The van der Waals surface area contributed by atoms with E-state index in [1.807, 2.05) is 30.5 Å². The fourth-order valence-corrected chi connectivity index (χ4v) is 3.17. The van der Waals surface area contributed by atoms with Gasteiger partial charge in [-0.1, -0.05) is 25.0 Å². The molecule has 1 aromatic heterocycles. The van der Waals surface area contributed by atoms with E-state index in [2.05, 4.69) is 15.3 Å². The van der Waals surface area contributed by atoms with Crippen LogP contribution in [0.15, 0.2) is 30.5 Å². The van der Waals surface area contributed by atoms with Gasteiger partial charge in [-0.2, -0.15) is 0 Å². The lowest BCUT2D eigenvalue weighted by Gasteiger charge is -2.31. The fraction of sp³-hybridized carbons (Fsp3) is 0.467. The summed E-state index contributed by atoms with van der Waals surface area (Å²) in [4.78, 5) is 9.06. The first-order chi connectivity index (χ1) is 9.36. The molecule has 0 saturated heterocycles. The van der Waals surface area contributed by atoms with Gasteiger partial charge in [0.05, 0.1) is 17.2 Å². The molecule has 2 unspecified atom stereocenters. The number of hydrogen-bond donors (Lipinski definition) is 1. The minimum Gasteiger partial charge on any atom is -0.366 e. The molecule has 1 heterocycles. The summed E-state index contributed by atoms with van der Waals surface area (Å²) in [7, 11) is 0. The van der Waals surface area contributed by atoms with Gasteiger partial charge in [0.15, 0.2) is 0 Å². The van der Waals surface area contributed by atoms with Crippen LogP contribution < -0.4 is 5.32 Å². The van der Waals surface area contributed by atoms with E-state index >= 15 is 0 Å². The summed E-state index contributed by atoms with van der Waals surface area (Å²) in [5, 5.41) is 3.52. The minimum atomic E-state index is 0.432. The van der Waals surface area contributed by atoms with Gasteiger partial charge in [0.1, 0.15) is 5.82 Å². The third kappa shape index (κ3) is 2.81. The summed E-state index contributed by atoms with van der Waals surface area (Å²) < 4.78 is 0. The molecule has 2 aromatic rings. The maximum atomic E-state index is 6.06. The van der Waals surface area contributed by atoms with Gasteiger partial charge in [-0.25, -0.2) is 4.98 Å². The highest BCUT2D eigenvalue weighted by Gasteiger charge is 2.24. The van der Waals surface area contributed by atoms with Crippen LogP contribution in [0.25, 0.3) is 11.0 Å². The van der Waals surface area contributed by atoms with Crippen LogP contribution in [0.2, 0.25) is 0 Å². The predicted octanol–water partition coefficient (Wildman–Crippen LogP) is 3.84. The van der Waals surface area contributed by atoms with Crippen molar-refractivity contribution in [3.63, 3.8) is 0 Å². The maximum absolute atomic E-state index is 6.06. The average molecular weight is 276 g/mol. The third-order valence-corrected chi connectivity index (χ3v) is 4.29.